The fourth-order valence-electron chi connectivity index (χ4n) is 2.74. The lowest BCUT2D eigenvalue weighted by molar-refractivity contribution is 0.671. The zero-order valence-electron chi connectivity index (χ0n) is 15.0. The molecule has 4 heteroatoms. The Morgan fingerprint density at radius 2 is 1.52 bits per heavy atom. The zero-order chi connectivity index (χ0) is 17.6. The maximum absolute atomic E-state index is 4.81. The van der Waals surface area contributed by atoms with Crippen LogP contribution in [-0.2, 0) is 6.54 Å². The van der Waals surface area contributed by atoms with Gasteiger partial charge in [0.05, 0.1) is 0 Å². The van der Waals surface area contributed by atoms with Crippen LogP contribution in [0.15, 0.2) is 72.9 Å². The zero-order valence-corrected chi connectivity index (χ0v) is 15.0. The molecule has 0 amide bonds. The van der Waals surface area contributed by atoms with Crippen LogP contribution in [0.2, 0.25) is 0 Å². The molecule has 0 unspecified atom stereocenters. The third-order valence-electron chi connectivity index (χ3n) is 4.19. The number of aromatic nitrogens is 2. The smallest absolute Gasteiger partial charge is 0.231 e. The summed E-state index contributed by atoms with van der Waals surface area (Å²) in [5, 5.41) is 0. The van der Waals surface area contributed by atoms with Crippen LogP contribution in [0.1, 0.15) is 19.4 Å². The molecule has 0 saturated carbocycles. The molecule has 0 aliphatic carbocycles. The predicted octanol–water partition coefficient (Wildman–Crippen LogP) is 4.66. The average molecular weight is 332 g/mol. The molecule has 25 heavy (non-hydrogen) atoms. The summed E-state index contributed by atoms with van der Waals surface area (Å²) in [6.45, 7) is 5.20. The van der Waals surface area contributed by atoms with E-state index in [0.717, 1.165) is 18.1 Å². The second-order valence-electron chi connectivity index (χ2n) is 6.32. The summed E-state index contributed by atoms with van der Waals surface area (Å²) < 4.78 is 0. The normalized spacial score (nSPS) is 10.7. The second-order valence-corrected chi connectivity index (χ2v) is 6.32. The highest BCUT2D eigenvalue weighted by molar-refractivity contribution is 5.57. The largest absolute Gasteiger partial charge is 0.350 e. The molecule has 0 saturated heterocycles. The first-order chi connectivity index (χ1) is 12.1. The van der Waals surface area contributed by atoms with Crippen molar-refractivity contribution in [3.63, 3.8) is 0 Å². The Morgan fingerprint density at radius 3 is 2.16 bits per heavy atom. The van der Waals surface area contributed by atoms with Crippen LogP contribution in [0.4, 0.5) is 17.5 Å². The predicted molar refractivity (Wildman–Crippen MR) is 104 cm³/mol. The van der Waals surface area contributed by atoms with E-state index < -0.39 is 0 Å². The molecule has 3 rings (SSSR count). The molecule has 0 spiro atoms. The summed E-state index contributed by atoms with van der Waals surface area (Å²) in [5.74, 6) is 1.63. The van der Waals surface area contributed by atoms with E-state index in [-0.39, 0.29) is 0 Å². The lowest BCUT2D eigenvalue weighted by atomic mass is 10.2. The first kappa shape index (κ1) is 17.0. The van der Waals surface area contributed by atoms with Crippen molar-refractivity contribution in [3.05, 3.63) is 78.5 Å². The Balaban J connectivity index is 1.88. The minimum Gasteiger partial charge on any atom is -0.350 e. The third-order valence-corrected chi connectivity index (χ3v) is 4.19. The highest BCUT2D eigenvalue weighted by Crippen LogP contribution is 2.23. The molecule has 0 aliphatic rings. The molecule has 0 radical (unpaired) electrons. The molecule has 0 N–H and O–H groups in total. The van der Waals surface area contributed by atoms with Crippen LogP contribution < -0.4 is 9.80 Å². The van der Waals surface area contributed by atoms with Crippen molar-refractivity contribution in [1.82, 2.24) is 9.97 Å². The fraction of sp³-hybridized carbons (Fsp3) is 0.238. The van der Waals surface area contributed by atoms with E-state index in [1.54, 1.807) is 0 Å². The molecule has 3 aromatic rings. The van der Waals surface area contributed by atoms with Gasteiger partial charge in [-0.3, -0.25) is 0 Å². The second kappa shape index (κ2) is 7.79. The van der Waals surface area contributed by atoms with E-state index in [1.807, 2.05) is 48.5 Å². The number of para-hydroxylation sites is 1. The lowest BCUT2D eigenvalue weighted by Crippen LogP contribution is -2.31. The molecule has 1 aromatic heterocycles. The van der Waals surface area contributed by atoms with Gasteiger partial charge in [-0.1, -0.05) is 48.5 Å². The number of nitrogens with zero attached hydrogens (tertiary/aromatic N) is 4. The average Bonchev–Trinajstić information content (AvgIpc) is 2.67. The first-order valence-corrected chi connectivity index (χ1v) is 8.57. The van der Waals surface area contributed by atoms with Crippen LogP contribution in [-0.4, -0.2) is 23.1 Å². The van der Waals surface area contributed by atoms with Gasteiger partial charge in [0.15, 0.2) is 0 Å². The Labute approximate surface area is 149 Å². The van der Waals surface area contributed by atoms with Gasteiger partial charge in [0, 0.05) is 31.5 Å². The number of benzene rings is 2. The molecule has 0 fully saturated rings. The molecule has 1 heterocycles. The third kappa shape index (κ3) is 4.15. The first-order valence-electron chi connectivity index (χ1n) is 8.57. The number of hydrogen-bond donors (Lipinski definition) is 0. The summed E-state index contributed by atoms with van der Waals surface area (Å²) in [4.78, 5) is 13.6. The summed E-state index contributed by atoms with van der Waals surface area (Å²) in [6, 6.07) is 23.0. The van der Waals surface area contributed by atoms with E-state index in [9.17, 15) is 0 Å². The number of rotatable bonds is 6. The van der Waals surface area contributed by atoms with Crippen molar-refractivity contribution in [2.75, 3.05) is 16.8 Å². The molecule has 0 atom stereocenters. The summed E-state index contributed by atoms with van der Waals surface area (Å²) >= 11 is 0. The van der Waals surface area contributed by atoms with Crippen molar-refractivity contribution in [3.8, 4) is 0 Å². The molecule has 0 bridgehead atoms. The van der Waals surface area contributed by atoms with Crippen LogP contribution >= 0.6 is 0 Å². The maximum Gasteiger partial charge on any atom is 0.231 e. The van der Waals surface area contributed by atoms with Gasteiger partial charge in [-0.15, -0.1) is 0 Å². The molecule has 2 aromatic carbocycles. The number of hydrogen-bond acceptors (Lipinski definition) is 4. The highest BCUT2D eigenvalue weighted by Gasteiger charge is 2.15. The Morgan fingerprint density at radius 1 is 0.880 bits per heavy atom. The molecule has 128 valence electrons. The highest BCUT2D eigenvalue weighted by atomic mass is 15.3. The van der Waals surface area contributed by atoms with Crippen LogP contribution in [0.3, 0.4) is 0 Å². The molecule has 0 aliphatic heterocycles. The fourth-order valence-corrected chi connectivity index (χ4v) is 2.74. The van der Waals surface area contributed by atoms with Crippen LogP contribution in [0.5, 0.6) is 0 Å². The van der Waals surface area contributed by atoms with E-state index >= 15 is 0 Å². The quantitative estimate of drug-likeness (QED) is 0.657. The van der Waals surface area contributed by atoms with E-state index in [2.05, 4.69) is 60.1 Å². The molecule has 4 nitrogen and oxygen atoms in total. The van der Waals surface area contributed by atoms with E-state index in [1.165, 1.54) is 5.56 Å². The SMILES string of the molecule is CC(C)N(Cc1ccccc1)c1ccnc(N(C)c2ccccc2)n1. The standard InChI is InChI=1S/C21H24N4/c1-17(2)25(16-18-10-6-4-7-11-18)20-14-15-22-21(23-20)24(3)19-12-8-5-9-13-19/h4-15,17H,16H2,1-3H3. The van der Waals surface area contributed by atoms with Gasteiger partial charge < -0.3 is 9.80 Å². The lowest BCUT2D eigenvalue weighted by Gasteiger charge is -2.29. The van der Waals surface area contributed by atoms with Crippen LogP contribution in [0, 0.1) is 0 Å². The monoisotopic (exact) mass is 332 g/mol. The van der Waals surface area contributed by atoms with Crippen molar-refractivity contribution in [1.29, 1.82) is 0 Å². The van der Waals surface area contributed by atoms with Gasteiger partial charge in [0.25, 0.3) is 0 Å². The summed E-state index contributed by atoms with van der Waals surface area (Å²) in [6.07, 6.45) is 1.83. The van der Waals surface area contributed by atoms with Crippen molar-refractivity contribution in [2.24, 2.45) is 0 Å². The van der Waals surface area contributed by atoms with E-state index in [0.29, 0.717) is 12.0 Å². The van der Waals surface area contributed by atoms with Crippen LogP contribution in [0.25, 0.3) is 0 Å². The number of anilines is 3. The molecular weight excluding hydrogens is 308 g/mol. The van der Waals surface area contributed by atoms with Gasteiger partial charge in [0.1, 0.15) is 5.82 Å². The summed E-state index contributed by atoms with van der Waals surface area (Å²) in [5.41, 5.74) is 2.34. The van der Waals surface area contributed by atoms with Gasteiger partial charge in [-0.25, -0.2) is 4.98 Å². The topological polar surface area (TPSA) is 32.3 Å². The Bertz CT molecular complexity index is 787. The van der Waals surface area contributed by atoms with Gasteiger partial charge in [-0.2, -0.15) is 4.98 Å². The van der Waals surface area contributed by atoms with E-state index in [4.69, 9.17) is 4.98 Å². The van der Waals surface area contributed by atoms with Crippen molar-refractivity contribution < 1.29 is 0 Å². The molecular formula is C21H24N4. The van der Waals surface area contributed by atoms with Crippen molar-refractivity contribution >= 4 is 17.5 Å². The van der Waals surface area contributed by atoms with Gasteiger partial charge >= 0.3 is 0 Å². The Kier molecular flexibility index (Phi) is 5.29. The minimum atomic E-state index is 0.338. The van der Waals surface area contributed by atoms with Gasteiger partial charge in [0.2, 0.25) is 5.95 Å². The van der Waals surface area contributed by atoms with Crippen molar-refractivity contribution in [2.45, 2.75) is 26.4 Å². The maximum atomic E-state index is 4.81. The summed E-state index contributed by atoms with van der Waals surface area (Å²) in [7, 11) is 1.99. The Hall–Kier alpha value is -2.88. The minimum absolute atomic E-state index is 0.338. The van der Waals surface area contributed by atoms with Gasteiger partial charge in [-0.05, 0) is 37.6 Å².